The fourth-order valence-electron chi connectivity index (χ4n) is 2.67. The van der Waals surface area contributed by atoms with Gasteiger partial charge in [-0.1, -0.05) is 60.7 Å². The van der Waals surface area contributed by atoms with Gasteiger partial charge in [-0.05, 0) is 29.1 Å². The zero-order valence-electron chi connectivity index (χ0n) is 13.3. The van der Waals surface area contributed by atoms with Crippen molar-refractivity contribution in [3.05, 3.63) is 95.0 Å². The molecule has 0 saturated carbocycles. The third kappa shape index (κ3) is 3.21. The summed E-state index contributed by atoms with van der Waals surface area (Å²) in [4.78, 5) is 10.4. The number of benzene rings is 3. The van der Waals surface area contributed by atoms with Crippen LogP contribution in [0.3, 0.4) is 0 Å². The van der Waals surface area contributed by atoms with Gasteiger partial charge in [0.1, 0.15) is 5.75 Å². The molecule has 0 aromatic heterocycles. The number of nitrogens with zero attached hydrogens (tertiary/aromatic N) is 1. The monoisotopic (exact) mass is 335 g/mol. The molecule has 3 rings (SSSR count). The molecule has 0 spiro atoms. The van der Waals surface area contributed by atoms with E-state index in [1.54, 1.807) is 12.1 Å². The number of non-ortho nitro benzene ring substituents is 1. The molecule has 0 atom stereocenters. The summed E-state index contributed by atoms with van der Waals surface area (Å²) < 4.78 is 6.43. The summed E-state index contributed by atoms with van der Waals surface area (Å²) in [5, 5.41) is 13.1. The molecule has 0 N–H and O–H groups in total. The Labute approximate surface area is 141 Å². The molecule has 0 aliphatic carbocycles. The van der Waals surface area contributed by atoms with E-state index in [-0.39, 0.29) is 5.69 Å². The predicted molar refractivity (Wildman–Crippen MR) is 97.5 cm³/mol. The highest BCUT2D eigenvalue weighted by Gasteiger charge is 2.36. The first-order chi connectivity index (χ1) is 11.6. The molecule has 5 heteroatoms. The van der Waals surface area contributed by atoms with E-state index in [1.165, 1.54) is 12.1 Å². The molecule has 0 saturated heterocycles. The average molecular weight is 335 g/mol. The van der Waals surface area contributed by atoms with Crippen molar-refractivity contribution in [2.24, 2.45) is 0 Å². The minimum atomic E-state index is -2.46. The molecule has 0 radical (unpaired) electrons. The summed E-state index contributed by atoms with van der Waals surface area (Å²) in [7, 11) is -2.46. The second-order valence-corrected chi connectivity index (χ2v) is 9.04. The average Bonchev–Trinajstić information content (AvgIpc) is 2.63. The third-order valence-corrected chi connectivity index (χ3v) is 7.53. The highest BCUT2D eigenvalue weighted by Crippen LogP contribution is 2.20. The van der Waals surface area contributed by atoms with Gasteiger partial charge in [-0.25, -0.2) is 0 Å². The van der Waals surface area contributed by atoms with E-state index in [2.05, 4.69) is 30.8 Å². The lowest BCUT2D eigenvalue weighted by atomic mass is 10.3. The lowest BCUT2D eigenvalue weighted by Gasteiger charge is -2.29. The standard InChI is InChI=1S/C19H17NO3Si/c1-24(18-8-4-2-5-9-18,19-10-6-3-7-11-19)23-17-14-12-16(13-15-17)20(21)22/h2-15H,1H3. The quantitative estimate of drug-likeness (QED) is 0.408. The van der Waals surface area contributed by atoms with Crippen molar-refractivity contribution in [2.75, 3.05) is 0 Å². The lowest BCUT2D eigenvalue weighted by Crippen LogP contribution is -2.60. The van der Waals surface area contributed by atoms with Crippen LogP contribution in [-0.4, -0.2) is 13.2 Å². The Bertz CT molecular complexity index is 781. The summed E-state index contributed by atoms with van der Waals surface area (Å²) in [6.45, 7) is 2.14. The SMILES string of the molecule is C[Si](Oc1ccc([N+](=O)[O-])cc1)(c1ccccc1)c1ccccc1. The first-order valence-corrected chi connectivity index (χ1v) is 10.0. The van der Waals surface area contributed by atoms with E-state index < -0.39 is 13.2 Å². The zero-order valence-corrected chi connectivity index (χ0v) is 14.3. The molecule has 0 aliphatic rings. The van der Waals surface area contributed by atoms with Crippen molar-refractivity contribution in [3.63, 3.8) is 0 Å². The van der Waals surface area contributed by atoms with Gasteiger partial charge in [0.15, 0.2) is 0 Å². The van der Waals surface area contributed by atoms with Crippen LogP contribution >= 0.6 is 0 Å². The number of nitro benzene ring substituents is 1. The van der Waals surface area contributed by atoms with Crippen LogP contribution in [-0.2, 0) is 0 Å². The van der Waals surface area contributed by atoms with Crippen molar-refractivity contribution in [1.29, 1.82) is 0 Å². The van der Waals surface area contributed by atoms with Crippen LogP contribution in [0.4, 0.5) is 5.69 Å². The van der Waals surface area contributed by atoms with Crippen LogP contribution in [0.15, 0.2) is 84.9 Å². The van der Waals surface area contributed by atoms with Gasteiger partial charge in [-0.3, -0.25) is 10.1 Å². The van der Waals surface area contributed by atoms with E-state index in [4.69, 9.17) is 4.43 Å². The molecule has 4 nitrogen and oxygen atoms in total. The summed E-state index contributed by atoms with van der Waals surface area (Å²) in [6.07, 6.45) is 0. The number of rotatable bonds is 5. The number of nitro groups is 1. The van der Waals surface area contributed by atoms with Crippen LogP contribution in [0, 0.1) is 10.1 Å². The first-order valence-electron chi connectivity index (χ1n) is 7.64. The van der Waals surface area contributed by atoms with Crippen molar-refractivity contribution >= 4 is 24.4 Å². The molecule has 0 heterocycles. The van der Waals surface area contributed by atoms with Crippen LogP contribution in [0.2, 0.25) is 6.55 Å². The summed E-state index contributed by atoms with van der Waals surface area (Å²) in [6, 6.07) is 26.5. The molecule has 3 aromatic rings. The van der Waals surface area contributed by atoms with E-state index in [0.29, 0.717) is 5.75 Å². The molecule has 120 valence electrons. The Balaban J connectivity index is 2.01. The Hall–Kier alpha value is -2.92. The van der Waals surface area contributed by atoms with Crippen molar-refractivity contribution in [3.8, 4) is 5.75 Å². The maximum absolute atomic E-state index is 10.8. The van der Waals surface area contributed by atoms with Crippen molar-refractivity contribution in [2.45, 2.75) is 6.55 Å². The molecule has 0 bridgehead atoms. The maximum Gasteiger partial charge on any atom is 0.311 e. The van der Waals surface area contributed by atoms with Gasteiger partial charge in [0.25, 0.3) is 5.69 Å². The molecule has 0 fully saturated rings. The molecule has 0 unspecified atom stereocenters. The van der Waals surface area contributed by atoms with Gasteiger partial charge in [0.05, 0.1) is 4.92 Å². The molecular weight excluding hydrogens is 318 g/mol. The van der Waals surface area contributed by atoms with Gasteiger partial charge in [0, 0.05) is 12.1 Å². The Morgan fingerprint density at radius 3 is 1.67 bits per heavy atom. The highest BCUT2D eigenvalue weighted by molar-refractivity contribution is 6.97. The Kier molecular flexibility index (Phi) is 4.44. The van der Waals surface area contributed by atoms with Gasteiger partial charge in [-0.15, -0.1) is 0 Å². The van der Waals surface area contributed by atoms with E-state index >= 15 is 0 Å². The fourth-order valence-corrected chi connectivity index (χ4v) is 5.50. The van der Waals surface area contributed by atoms with Crippen molar-refractivity contribution in [1.82, 2.24) is 0 Å². The minimum Gasteiger partial charge on any atom is -0.535 e. The van der Waals surface area contributed by atoms with Gasteiger partial charge < -0.3 is 4.43 Å². The van der Waals surface area contributed by atoms with Crippen molar-refractivity contribution < 1.29 is 9.35 Å². The Morgan fingerprint density at radius 2 is 1.25 bits per heavy atom. The fraction of sp³-hybridized carbons (Fsp3) is 0.0526. The first kappa shape index (κ1) is 16.0. The van der Waals surface area contributed by atoms with E-state index in [0.717, 1.165) is 10.4 Å². The van der Waals surface area contributed by atoms with Gasteiger partial charge in [0.2, 0.25) is 0 Å². The van der Waals surface area contributed by atoms with Gasteiger partial charge in [-0.2, -0.15) is 0 Å². The van der Waals surface area contributed by atoms with Crippen LogP contribution in [0.25, 0.3) is 0 Å². The van der Waals surface area contributed by atoms with E-state index in [1.807, 2.05) is 36.4 Å². The zero-order chi connectivity index (χ0) is 17.0. The smallest absolute Gasteiger partial charge is 0.311 e. The van der Waals surface area contributed by atoms with Gasteiger partial charge >= 0.3 is 8.32 Å². The largest absolute Gasteiger partial charge is 0.535 e. The minimum absolute atomic E-state index is 0.0603. The third-order valence-electron chi connectivity index (χ3n) is 4.02. The number of hydrogen-bond acceptors (Lipinski definition) is 3. The second-order valence-electron chi connectivity index (χ2n) is 5.62. The summed E-state index contributed by atoms with van der Waals surface area (Å²) in [5.74, 6) is 0.641. The lowest BCUT2D eigenvalue weighted by molar-refractivity contribution is -0.384. The highest BCUT2D eigenvalue weighted by atomic mass is 28.4. The van der Waals surface area contributed by atoms with Crippen LogP contribution in [0.1, 0.15) is 0 Å². The molecule has 0 aliphatic heterocycles. The predicted octanol–water partition coefficient (Wildman–Crippen LogP) is 3.36. The summed E-state index contributed by atoms with van der Waals surface area (Å²) in [5.41, 5.74) is 0.0603. The van der Waals surface area contributed by atoms with E-state index in [9.17, 15) is 10.1 Å². The molecule has 3 aromatic carbocycles. The topological polar surface area (TPSA) is 52.4 Å². The Morgan fingerprint density at radius 1 is 0.792 bits per heavy atom. The summed E-state index contributed by atoms with van der Waals surface area (Å²) >= 11 is 0. The molecule has 24 heavy (non-hydrogen) atoms. The molecule has 0 amide bonds. The molecular formula is C19H17NO3Si. The normalized spacial score (nSPS) is 11.0. The van der Waals surface area contributed by atoms with Crippen LogP contribution < -0.4 is 14.8 Å². The second kappa shape index (κ2) is 6.68. The maximum atomic E-state index is 10.8. The van der Waals surface area contributed by atoms with Crippen LogP contribution in [0.5, 0.6) is 5.75 Å². The number of hydrogen-bond donors (Lipinski definition) is 0.